The number of alkyl halides is 6. The fourth-order valence-electron chi connectivity index (χ4n) is 3.75. The molecule has 37 heavy (non-hydrogen) atoms. The fraction of sp³-hybridized carbons (Fsp3) is 0.409. The van der Waals surface area contributed by atoms with Crippen LogP contribution < -0.4 is 15.4 Å². The lowest BCUT2D eigenvalue weighted by atomic mass is 10.1. The highest BCUT2D eigenvalue weighted by Crippen LogP contribution is 2.47. The topological polar surface area (TPSA) is 107 Å². The fourth-order valence-corrected chi connectivity index (χ4v) is 3.75. The van der Waals surface area contributed by atoms with E-state index in [4.69, 9.17) is 4.74 Å². The zero-order chi connectivity index (χ0) is 27.1. The number of amides is 2. The van der Waals surface area contributed by atoms with Gasteiger partial charge in [0.25, 0.3) is 0 Å². The molecule has 0 bridgehead atoms. The van der Waals surface area contributed by atoms with Gasteiger partial charge in [-0.3, -0.25) is 4.68 Å². The molecule has 0 radical (unpaired) electrons. The van der Waals surface area contributed by atoms with Gasteiger partial charge >= 0.3 is 18.4 Å². The summed E-state index contributed by atoms with van der Waals surface area (Å²) in [6.45, 7) is 1.32. The molecule has 1 aliphatic rings. The number of rotatable bonds is 6. The predicted octanol–water partition coefficient (Wildman–Crippen LogP) is 4.83. The average molecular weight is 529 g/mol. The first-order chi connectivity index (χ1) is 17.3. The molecule has 2 N–H and O–H groups in total. The smallest absolute Gasteiger partial charge is 0.435 e. The number of carbonyl (C=O) groups is 1. The zero-order valence-electron chi connectivity index (χ0n) is 19.8. The monoisotopic (exact) mass is 529 g/mol. The lowest BCUT2D eigenvalue weighted by Crippen LogP contribution is -2.29. The lowest BCUT2D eigenvalue weighted by molar-refractivity contribution is -0.141. The van der Waals surface area contributed by atoms with Gasteiger partial charge in [0.05, 0.1) is 41.9 Å². The van der Waals surface area contributed by atoms with E-state index in [1.807, 2.05) is 0 Å². The summed E-state index contributed by atoms with van der Waals surface area (Å²) >= 11 is 0. The minimum atomic E-state index is -4.69. The maximum Gasteiger partial charge on any atom is 0.435 e. The van der Waals surface area contributed by atoms with Crippen LogP contribution in [0.4, 0.5) is 36.8 Å². The van der Waals surface area contributed by atoms with Gasteiger partial charge in [-0.15, -0.1) is 5.10 Å². The molecular formula is C22H21F6N7O2. The predicted molar refractivity (Wildman–Crippen MR) is 118 cm³/mol. The highest BCUT2D eigenvalue weighted by Gasteiger charge is 2.41. The summed E-state index contributed by atoms with van der Waals surface area (Å²) < 4.78 is 86.6. The molecule has 198 valence electrons. The number of carbonyl (C=O) groups excluding carboxylic acids is 1. The number of halogens is 6. The molecule has 0 atom stereocenters. The van der Waals surface area contributed by atoms with Gasteiger partial charge in [-0.1, -0.05) is 0 Å². The van der Waals surface area contributed by atoms with Gasteiger partial charge in [0, 0.05) is 19.2 Å². The van der Waals surface area contributed by atoms with Crippen LogP contribution in [-0.2, 0) is 25.9 Å². The summed E-state index contributed by atoms with van der Waals surface area (Å²) in [4.78, 5) is 16.4. The third kappa shape index (κ3) is 5.75. The van der Waals surface area contributed by atoms with Crippen molar-refractivity contribution in [3.05, 3.63) is 46.5 Å². The van der Waals surface area contributed by atoms with E-state index in [1.165, 1.54) is 33.3 Å². The Bertz CT molecular complexity index is 1330. The number of aryl methyl sites for hydroxylation is 2. The van der Waals surface area contributed by atoms with Gasteiger partial charge in [0.2, 0.25) is 5.88 Å². The highest BCUT2D eigenvalue weighted by atomic mass is 19.4. The van der Waals surface area contributed by atoms with Gasteiger partial charge < -0.3 is 15.4 Å². The molecule has 1 fully saturated rings. The van der Waals surface area contributed by atoms with Crippen molar-refractivity contribution < 1.29 is 35.9 Å². The average Bonchev–Trinajstić information content (AvgIpc) is 3.57. The van der Waals surface area contributed by atoms with E-state index in [0.717, 1.165) is 10.7 Å². The van der Waals surface area contributed by atoms with Crippen molar-refractivity contribution >= 4 is 11.7 Å². The minimum Gasteiger partial charge on any atom is -0.480 e. The first-order valence-corrected chi connectivity index (χ1v) is 10.9. The Hall–Kier alpha value is -3.91. The summed E-state index contributed by atoms with van der Waals surface area (Å²) in [5, 5.41) is 15.9. The molecule has 0 aliphatic heterocycles. The Labute approximate surface area is 206 Å². The van der Waals surface area contributed by atoms with Crippen LogP contribution in [0.25, 0.3) is 11.3 Å². The first-order valence-electron chi connectivity index (χ1n) is 10.9. The molecule has 0 spiro atoms. The van der Waals surface area contributed by atoms with Gasteiger partial charge in [-0.2, -0.15) is 36.5 Å². The second kappa shape index (κ2) is 9.52. The number of aromatic nitrogens is 5. The molecule has 3 heterocycles. The second-order valence-electron chi connectivity index (χ2n) is 8.49. The van der Waals surface area contributed by atoms with Crippen molar-refractivity contribution in [2.24, 2.45) is 7.05 Å². The molecule has 0 unspecified atom stereocenters. The lowest BCUT2D eigenvalue weighted by Gasteiger charge is -2.17. The number of hydrogen-bond donors (Lipinski definition) is 2. The number of urea groups is 1. The SMILES string of the molecule is COc1nc(C2CC2)c(C(F)(F)F)cc1NC(=O)NCc1cc(C)c(-c2cn(C)nc2C(F)(F)F)nn1. The molecule has 3 aromatic rings. The van der Waals surface area contributed by atoms with Crippen LogP contribution in [0.3, 0.4) is 0 Å². The second-order valence-corrected chi connectivity index (χ2v) is 8.49. The summed E-state index contributed by atoms with van der Waals surface area (Å²) in [7, 11) is 2.57. The van der Waals surface area contributed by atoms with Crippen LogP contribution in [0.2, 0.25) is 0 Å². The number of nitrogens with zero attached hydrogens (tertiary/aromatic N) is 5. The first kappa shape index (κ1) is 26.2. The quantitative estimate of drug-likeness (QED) is 0.444. The number of methoxy groups -OCH3 is 1. The number of ether oxygens (including phenoxy) is 1. The largest absolute Gasteiger partial charge is 0.480 e. The van der Waals surface area contributed by atoms with Crippen molar-refractivity contribution in [2.45, 2.75) is 44.6 Å². The number of hydrogen-bond acceptors (Lipinski definition) is 6. The maximum atomic E-state index is 13.6. The van der Waals surface area contributed by atoms with E-state index >= 15 is 0 Å². The van der Waals surface area contributed by atoms with E-state index in [0.29, 0.717) is 18.4 Å². The number of pyridine rings is 1. The van der Waals surface area contributed by atoms with Crippen LogP contribution in [0.15, 0.2) is 18.3 Å². The van der Waals surface area contributed by atoms with E-state index in [-0.39, 0.29) is 46.7 Å². The van der Waals surface area contributed by atoms with Crippen molar-refractivity contribution in [3.8, 4) is 17.1 Å². The molecule has 0 aromatic carbocycles. The Morgan fingerprint density at radius 3 is 2.41 bits per heavy atom. The van der Waals surface area contributed by atoms with Crippen LogP contribution in [0, 0.1) is 6.92 Å². The van der Waals surface area contributed by atoms with Crippen molar-refractivity contribution in [1.29, 1.82) is 0 Å². The van der Waals surface area contributed by atoms with Gasteiger partial charge in [-0.05, 0) is 37.5 Å². The summed E-state index contributed by atoms with van der Waals surface area (Å²) in [5.74, 6) is -0.473. The molecule has 0 saturated heterocycles. The Kier molecular flexibility index (Phi) is 6.73. The molecule has 1 aliphatic carbocycles. The van der Waals surface area contributed by atoms with E-state index in [2.05, 4.69) is 30.9 Å². The Morgan fingerprint density at radius 2 is 1.84 bits per heavy atom. The molecule has 4 rings (SSSR count). The molecule has 2 amide bonds. The molecule has 9 nitrogen and oxygen atoms in total. The minimum absolute atomic E-state index is 0.0279. The van der Waals surface area contributed by atoms with E-state index < -0.39 is 29.6 Å². The van der Waals surface area contributed by atoms with E-state index in [1.54, 1.807) is 0 Å². The summed E-state index contributed by atoms with van der Waals surface area (Å²) in [6, 6.07) is 1.34. The maximum absolute atomic E-state index is 13.6. The highest BCUT2D eigenvalue weighted by molar-refractivity contribution is 5.90. The van der Waals surface area contributed by atoms with E-state index in [9.17, 15) is 31.1 Å². The van der Waals surface area contributed by atoms with Gasteiger partial charge in [0.15, 0.2) is 5.69 Å². The van der Waals surface area contributed by atoms with Crippen LogP contribution in [0.5, 0.6) is 5.88 Å². The summed E-state index contributed by atoms with van der Waals surface area (Å²) in [5.41, 5.74) is -2.16. The van der Waals surface area contributed by atoms with Crippen LogP contribution >= 0.6 is 0 Å². The zero-order valence-corrected chi connectivity index (χ0v) is 19.8. The molecule has 1 saturated carbocycles. The number of anilines is 1. The third-order valence-corrected chi connectivity index (χ3v) is 5.55. The summed E-state index contributed by atoms with van der Waals surface area (Å²) in [6.07, 6.45) is -7.01. The van der Waals surface area contributed by atoms with Crippen LogP contribution in [-0.4, -0.2) is 38.1 Å². The molecule has 15 heteroatoms. The number of nitrogens with one attached hydrogen (secondary N) is 2. The Morgan fingerprint density at radius 1 is 1.14 bits per heavy atom. The van der Waals surface area contributed by atoms with Crippen molar-refractivity contribution in [1.82, 2.24) is 30.3 Å². The van der Waals surface area contributed by atoms with Crippen molar-refractivity contribution in [2.75, 3.05) is 12.4 Å². The van der Waals surface area contributed by atoms with Crippen molar-refractivity contribution in [3.63, 3.8) is 0 Å². The van der Waals surface area contributed by atoms with Gasteiger partial charge in [-0.25, -0.2) is 9.78 Å². The molecular weight excluding hydrogens is 508 g/mol. The normalized spacial score (nSPS) is 14.0. The third-order valence-electron chi connectivity index (χ3n) is 5.55. The standard InChI is InChI=1S/C22H21F6N7O2/c1-10-6-12(32-33-16(10)13-9-35(2)34-18(13)22(26,27)28)8-29-20(36)30-15-7-14(21(23,24)25)17(11-4-5-11)31-19(15)37-3/h6-7,9,11H,4-5,8H2,1-3H3,(H2,29,30,36). The van der Waals surface area contributed by atoms with Gasteiger partial charge in [0.1, 0.15) is 5.69 Å². The Balaban J connectivity index is 1.49. The van der Waals surface area contributed by atoms with Crippen LogP contribution in [0.1, 0.15) is 47.0 Å². The molecule has 3 aromatic heterocycles.